The average Bonchev–Trinajstić information content (AvgIpc) is 2.84. The number of nitrogens with zero attached hydrogens (tertiary/aromatic N) is 1. The third-order valence-corrected chi connectivity index (χ3v) is 7.84. The molecule has 0 bridgehead atoms. The molecule has 176 valence electrons. The van der Waals surface area contributed by atoms with Crippen molar-refractivity contribution in [3.63, 3.8) is 0 Å². The highest BCUT2D eigenvalue weighted by molar-refractivity contribution is 6.02. The zero-order chi connectivity index (χ0) is 23.3. The molecule has 2 aliphatic carbocycles. The molecule has 3 aromatic rings. The van der Waals surface area contributed by atoms with Crippen molar-refractivity contribution in [1.82, 2.24) is 4.98 Å². The van der Waals surface area contributed by atoms with Crippen molar-refractivity contribution in [3.05, 3.63) is 106 Å². The van der Waals surface area contributed by atoms with Gasteiger partial charge in [0, 0.05) is 13.8 Å². The van der Waals surface area contributed by atoms with Gasteiger partial charge in [-0.3, -0.25) is 9.78 Å². The zero-order valence-corrected chi connectivity index (χ0v) is 20.2. The van der Waals surface area contributed by atoms with E-state index in [1.165, 1.54) is 55.2 Å². The van der Waals surface area contributed by atoms with Gasteiger partial charge in [-0.05, 0) is 89.1 Å². The Labute approximate surface area is 205 Å². The first-order valence-electron chi connectivity index (χ1n) is 13.0. The molecular weight excluding hydrogens is 414 g/mol. The van der Waals surface area contributed by atoms with Crippen molar-refractivity contribution in [2.24, 2.45) is 5.92 Å². The molecule has 1 saturated carbocycles. The minimum atomic E-state index is -0.119. The molecule has 5 rings (SSSR count). The number of aromatic nitrogens is 1. The Morgan fingerprint density at radius 3 is 2.26 bits per heavy atom. The number of fused-ring (bicyclic) bond motifs is 1. The molecule has 34 heavy (non-hydrogen) atoms. The number of benzene rings is 2. The fraction of sp³-hybridized carbons (Fsp3) is 0.375. The van der Waals surface area contributed by atoms with Crippen LogP contribution < -0.4 is 0 Å². The quantitative estimate of drug-likeness (QED) is 0.394. The summed E-state index contributed by atoms with van der Waals surface area (Å²) in [6.07, 6.45) is 17.1. The van der Waals surface area contributed by atoms with Crippen LogP contribution in [0.1, 0.15) is 92.1 Å². The van der Waals surface area contributed by atoms with Gasteiger partial charge in [0.1, 0.15) is 0 Å². The fourth-order valence-electron chi connectivity index (χ4n) is 5.78. The first-order valence-corrected chi connectivity index (χ1v) is 13.0. The lowest BCUT2D eigenvalue weighted by Gasteiger charge is -2.23. The molecule has 0 saturated heterocycles. The third kappa shape index (κ3) is 5.38. The number of hydrogen-bond donors (Lipinski definition) is 0. The van der Waals surface area contributed by atoms with Gasteiger partial charge in [0.25, 0.3) is 0 Å². The number of allylic oxidation sites excluding steroid dienone is 1. The molecule has 1 aromatic heterocycles. The lowest BCUT2D eigenvalue weighted by atomic mass is 9.81. The number of carbonyl (C=O) groups is 1. The van der Waals surface area contributed by atoms with E-state index in [0.717, 1.165) is 41.4 Å². The highest BCUT2D eigenvalue weighted by atomic mass is 16.1. The van der Waals surface area contributed by atoms with E-state index in [2.05, 4.69) is 54.4 Å². The molecule has 2 aromatic carbocycles. The van der Waals surface area contributed by atoms with Gasteiger partial charge in [-0.15, -0.1) is 0 Å². The number of rotatable bonds is 5. The Balaban J connectivity index is 0.00000289. The van der Waals surface area contributed by atoms with E-state index >= 15 is 0 Å². The van der Waals surface area contributed by atoms with Crippen molar-refractivity contribution in [1.29, 1.82) is 0 Å². The molecule has 0 radical (unpaired) electrons. The van der Waals surface area contributed by atoms with E-state index in [0.29, 0.717) is 0 Å². The Morgan fingerprint density at radius 2 is 1.53 bits per heavy atom. The first-order chi connectivity index (χ1) is 16.7. The highest BCUT2D eigenvalue weighted by Crippen LogP contribution is 2.34. The molecule has 2 nitrogen and oxygen atoms in total. The molecule has 1 heterocycles. The summed E-state index contributed by atoms with van der Waals surface area (Å²) in [4.78, 5) is 16.9. The summed E-state index contributed by atoms with van der Waals surface area (Å²) < 4.78 is 0. The van der Waals surface area contributed by atoms with Crippen LogP contribution in [0.25, 0.3) is 6.08 Å². The van der Waals surface area contributed by atoms with Crippen molar-refractivity contribution in [3.8, 4) is 0 Å². The number of ketones is 1. The molecule has 0 aliphatic heterocycles. The van der Waals surface area contributed by atoms with Crippen LogP contribution >= 0.6 is 0 Å². The molecular formula is C32H37NO. The van der Waals surface area contributed by atoms with Crippen molar-refractivity contribution in [2.45, 2.75) is 70.1 Å². The van der Waals surface area contributed by atoms with Crippen LogP contribution in [0.2, 0.25) is 0 Å². The summed E-state index contributed by atoms with van der Waals surface area (Å²) in [6, 6.07) is 20.0. The summed E-state index contributed by atoms with van der Waals surface area (Å²) in [7, 11) is 0. The lowest BCUT2D eigenvalue weighted by Crippen LogP contribution is -2.17. The van der Waals surface area contributed by atoms with Crippen LogP contribution in [0.4, 0.5) is 0 Å². The van der Waals surface area contributed by atoms with E-state index in [-0.39, 0.29) is 13.1 Å². The summed E-state index contributed by atoms with van der Waals surface area (Å²) in [5, 5.41) is 0. The molecule has 1 unspecified atom stereocenters. The van der Waals surface area contributed by atoms with Gasteiger partial charge in [0.15, 0.2) is 5.78 Å². The van der Waals surface area contributed by atoms with Crippen LogP contribution in [-0.4, -0.2) is 10.8 Å². The zero-order valence-electron chi connectivity index (χ0n) is 20.2. The maximum atomic E-state index is 12.8. The molecule has 0 spiro atoms. The Kier molecular flexibility index (Phi) is 7.04. The molecule has 2 aliphatic rings. The highest BCUT2D eigenvalue weighted by Gasteiger charge is 2.25. The van der Waals surface area contributed by atoms with Crippen LogP contribution in [-0.2, 0) is 17.6 Å². The van der Waals surface area contributed by atoms with Gasteiger partial charge in [-0.2, -0.15) is 0 Å². The second-order valence-corrected chi connectivity index (χ2v) is 10.4. The summed E-state index contributed by atoms with van der Waals surface area (Å²) >= 11 is 0. The van der Waals surface area contributed by atoms with E-state index in [4.69, 9.17) is 0 Å². The van der Waals surface area contributed by atoms with Crippen molar-refractivity contribution >= 4 is 11.9 Å². The molecule has 1 atom stereocenters. The van der Waals surface area contributed by atoms with E-state index in [1.807, 2.05) is 18.2 Å². The number of pyridine rings is 1. The molecule has 0 amide bonds. The normalized spacial score (nSPS) is 22.6. The second-order valence-electron chi connectivity index (χ2n) is 10.4. The number of carbonyl (C=O) groups excluding carboxylic acids is 1. The predicted octanol–water partition coefficient (Wildman–Crippen LogP) is 7.91. The molecule has 2 heteroatoms. The average molecular weight is 452 g/mol. The third-order valence-electron chi connectivity index (χ3n) is 7.84. The predicted molar refractivity (Wildman–Crippen MR) is 142 cm³/mol. The second kappa shape index (κ2) is 10.5. The molecule has 1 fully saturated rings. The van der Waals surface area contributed by atoms with E-state index in [9.17, 15) is 4.79 Å². The number of hydrogen-bond acceptors (Lipinski definition) is 2. The fourth-order valence-corrected chi connectivity index (χ4v) is 5.78. The van der Waals surface area contributed by atoms with Crippen molar-refractivity contribution < 1.29 is 6.22 Å². The Morgan fingerprint density at radius 1 is 0.824 bits per heavy atom. The van der Waals surface area contributed by atoms with Gasteiger partial charge in [0.2, 0.25) is 0 Å². The maximum Gasteiger partial charge on any atom is 0.163 e. The topological polar surface area (TPSA) is 30.0 Å². The minimum absolute atomic E-state index is 0. The smallest absolute Gasteiger partial charge is 0.163 e. The van der Waals surface area contributed by atoms with E-state index in [1.54, 1.807) is 18.5 Å². The van der Waals surface area contributed by atoms with Crippen LogP contribution in [0.5, 0.6) is 0 Å². The van der Waals surface area contributed by atoms with Crippen LogP contribution in [0, 0.1) is 5.92 Å². The first kappa shape index (κ1) is 22.8. The minimum Gasteiger partial charge on any atom is -0.294 e. The van der Waals surface area contributed by atoms with Crippen molar-refractivity contribution in [2.75, 3.05) is 0 Å². The van der Waals surface area contributed by atoms with Gasteiger partial charge in [-0.25, -0.2) is 0 Å². The summed E-state index contributed by atoms with van der Waals surface area (Å²) in [5.41, 5.74) is 7.59. The SMILES string of the molecule is CC1CCCC(c2ccc(Cc3ccc4c(c3)C(Cc3ccncc3)C(=O)C=C4)cc2)CCC1.[HH]. The van der Waals surface area contributed by atoms with Gasteiger partial charge < -0.3 is 0 Å². The lowest BCUT2D eigenvalue weighted by molar-refractivity contribution is -0.116. The van der Waals surface area contributed by atoms with Gasteiger partial charge in [0.05, 0.1) is 5.92 Å². The summed E-state index contributed by atoms with van der Waals surface area (Å²) in [5.74, 6) is 1.69. The standard InChI is InChI=1S/C32H35NO.H2/c1-23-4-2-6-27(7-3-5-23)28-11-8-24(9-12-28)20-26-10-13-29-14-15-32(34)31(30(29)22-26)21-25-16-18-33-19-17-25;/h8-19,22-23,27,31H,2-7,20-21H2,1H3;1H. The summed E-state index contributed by atoms with van der Waals surface area (Å²) in [6.45, 7) is 2.41. The van der Waals surface area contributed by atoms with Gasteiger partial charge in [-0.1, -0.05) is 81.1 Å². The van der Waals surface area contributed by atoms with Gasteiger partial charge >= 0.3 is 0 Å². The Bertz CT molecular complexity index is 1140. The Hall–Kier alpha value is -3.00. The molecule has 0 N–H and O–H groups in total. The maximum absolute atomic E-state index is 12.8. The van der Waals surface area contributed by atoms with E-state index < -0.39 is 0 Å². The van der Waals surface area contributed by atoms with Crippen LogP contribution in [0.15, 0.2) is 73.1 Å². The van der Waals surface area contributed by atoms with Crippen LogP contribution in [0.3, 0.4) is 0 Å². The largest absolute Gasteiger partial charge is 0.294 e. The monoisotopic (exact) mass is 451 g/mol.